The monoisotopic (exact) mass is 349 g/mol. The molecule has 0 aromatic heterocycles. The van der Waals surface area contributed by atoms with E-state index in [4.69, 9.17) is 0 Å². The molecule has 20 heavy (non-hydrogen) atoms. The van der Waals surface area contributed by atoms with E-state index in [1.807, 2.05) is 60.7 Å². The molecule has 0 heterocycles. The van der Waals surface area contributed by atoms with Gasteiger partial charge in [0.25, 0.3) is 0 Å². The van der Waals surface area contributed by atoms with Gasteiger partial charge in [-0.25, -0.2) is 0 Å². The Kier molecular flexibility index (Phi) is 6.15. The maximum Gasteiger partial charge on any atom is 0.238 e. The minimum atomic E-state index is -0.224. The SMILES string of the molecule is O=C(NCCBr)C(Sc1ccccc1)c1ccccc1. The van der Waals surface area contributed by atoms with Crippen LogP contribution in [-0.2, 0) is 4.79 Å². The number of carbonyl (C=O) groups is 1. The molecule has 0 bridgehead atoms. The van der Waals surface area contributed by atoms with Crippen LogP contribution in [0, 0.1) is 0 Å². The summed E-state index contributed by atoms with van der Waals surface area (Å²) in [7, 11) is 0. The molecule has 0 aliphatic heterocycles. The molecule has 2 rings (SSSR count). The van der Waals surface area contributed by atoms with Crippen molar-refractivity contribution in [1.82, 2.24) is 5.32 Å². The van der Waals surface area contributed by atoms with Crippen molar-refractivity contribution in [3.8, 4) is 0 Å². The highest BCUT2D eigenvalue weighted by Gasteiger charge is 2.21. The van der Waals surface area contributed by atoms with Gasteiger partial charge in [-0.3, -0.25) is 4.79 Å². The van der Waals surface area contributed by atoms with Crippen molar-refractivity contribution in [2.75, 3.05) is 11.9 Å². The Morgan fingerprint density at radius 1 is 1.05 bits per heavy atom. The summed E-state index contributed by atoms with van der Waals surface area (Å²) in [5.41, 5.74) is 1.02. The van der Waals surface area contributed by atoms with Crippen molar-refractivity contribution < 1.29 is 4.79 Å². The van der Waals surface area contributed by atoms with Crippen LogP contribution in [0.25, 0.3) is 0 Å². The number of benzene rings is 2. The number of nitrogens with one attached hydrogen (secondary N) is 1. The molecule has 4 heteroatoms. The van der Waals surface area contributed by atoms with E-state index in [9.17, 15) is 4.79 Å². The maximum atomic E-state index is 12.4. The van der Waals surface area contributed by atoms with Crippen molar-refractivity contribution in [3.63, 3.8) is 0 Å². The van der Waals surface area contributed by atoms with Crippen LogP contribution in [0.2, 0.25) is 0 Å². The summed E-state index contributed by atoms with van der Waals surface area (Å²) in [5.74, 6) is 0.0458. The fourth-order valence-electron chi connectivity index (χ4n) is 1.80. The van der Waals surface area contributed by atoms with E-state index >= 15 is 0 Å². The van der Waals surface area contributed by atoms with Crippen LogP contribution in [0.15, 0.2) is 65.6 Å². The minimum Gasteiger partial charge on any atom is -0.354 e. The highest BCUT2D eigenvalue weighted by atomic mass is 79.9. The quantitative estimate of drug-likeness (QED) is 0.630. The Morgan fingerprint density at radius 2 is 1.65 bits per heavy atom. The predicted octanol–water partition coefficient (Wildman–Crippen LogP) is 4.03. The highest BCUT2D eigenvalue weighted by Crippen LogP contribution is 2.35. The van der Waals surface area contributed by atoms with Crippen LogP contribution in [0.5, 0.6) is 0 Å². The number of amides is 1. The molecular formula is C16H16BrNOS. The molecule has 1 N–H and O–H groups in total. The van der Waals surface area contributed by atoms with Gasteiger partial charge in [0.15, 0.2) is 0 Å². The van der Waals surface area contributed by atoms with Gasteiger partial charge in [-0.05, 0) is 17.7 Å². The Balaban J connectivity index is 2.18. The molecule has 0 spiro atoms. The number of hydrogen-bond donors (Lipinski definition) is 1. The summed E-state index contributed by atoms with van der Waals surface area (Å²) in [6.45, 7) is 0.636. The van der Waals surface area contributed by atoms with Gasteiger partial charge in [0, 0.05) is 16.8 Å². The molecular weight excluding hydrogens is 334 g/mol. The average Bonchev–Trinajstić information content (AvgIpc) is 2.52. The lowest BCUT2D eigenvalue weighted by Crippen LogP contribution is -2.29. The Hall–Kier alpha value is -1.26. The number of carbonyl (C=O) groups excluding carboxylic acids is 1. The summed E-state index contributed by atoms with van der Waals surface area (Å²) < 4.78 is 0. The standard InChI is InChI=1S/C16H16BrNOS/c17-11-12-18-16(19)15(13-7-3-1-4-8-13)20-14-9-5-2-6-10-14/h1-10,15H,11-12H2,(H,18,19). The van der Waals surface area contributed by atoms with E-state index in [0.29, 0.717) is 6.54 Å². The summed E-state index contributed by atoms with van der Waals surface area (Å²) >= 11 is 4.90. The number of thioether (sulfide) groups is 1. The molecule has 104 valence electrons. The molecule has 1 amide bonds. The van der Waals surface area contributed by atoms with Crippen LogP contribution in [0.4, 0.5) is 0 Å². The summed E-state index contributed by atoms with van der Waals surface area (Å²) in [6, 6.07) is 19.9. The van der Waals surface area contributed by atoms with Gasteiger partial charge in [0.2, 0.25) is 5.91 Å². The van der Waals surface area contributed by atoms with E-state index in [1.165, 1.54) is 0 Å². The molecule has 0 saturated heterocycles. The Morgan fingerprint density at radius 3 is 2.25 bits per heavy atom. The molecule has 2 aromatic carbocycles. The molecule has 0 radical (unpaired) electrons. The largest absolute Gasteiger partial charge is 0.354 e. The van der Waals surface area contributed by atoms with Gasteiger partial charge in [0.1, 0.15) is 5.25 Å². The van der Waals surface area contributed by atoms with Crippen LogP contribution >= 0.6 is 27.7 Å². The van der Waals surface area contributed by atoms with Gasteiger partial charge in [0.05, 0.1) is 0 Å². The Bertz CT molecular complexity index is 533. The topological polar surface area (TPSA) is 29.1 Å². The minimum absolute atomic E-state index is 0.0458. The third kappa shape index (κ3) is 4.39. The fraction of sp³-hybridized carbons (Fsp3) is 0.188. The zero-order valence-electron chi connectivity index (χ0n) is 11.0. The van der Waals surface area contributed by atoms with E-state index in [1.54, 1.807) is 11.8 Å². The molecule has 0 saturated carbocycles. The van der Waals surface area contributed by atoms with Gasteiger partial charge in [-0.2, -0.15) is 0 Å². The maximum absolute atomic E-state index is 12.4. The molecule has 0 aliphatic rings. The van der Waals surface area contributed by atoms with E-state index in [2.05, 4.69) is 21.2 Å². The van der Waals surface area contributed by atoms with Gasteiger partial charge >= 0.3 is 0 Å². The van der Waals surface area contributed by atoms with Crippen molar-refractivity contribution in [2.45, 2.75) is 10.1 Å². The first-order valence-corrected chi connectivity index (χ1v) is 8.41. The fourth-order valence-corrected chi connectivity index (χ4v) is 3.07. The van der Waals surface area contributed by atoms with Crippen LogP contribution in [-0.4, -0.2) is 17.8 Å². The lowest BCUT2D eigenvalue weighted by atomic mass is 10.1. The lowest BCUT2D eigenvalue weighted by molar-refractivity contribution is -0.120. The molecule has 0 fully saturated rings. The van der Waals surface area contributed by atoms with Crippen LogP contribution in [0.3, 0.4) is 0 Å². The van der Waals surface area contributed by atoms with E-state index < -0.39 is 0 Å². The lowest BCUT2D eigenvalue weighted by Gasteiger charge is -2.16. The molecule has 1 unspecified atom stereocenters. The molecule has 2 nitrogen and oxygen atoms in total. The Labute approximate surface area is 132 Å². The summed E-state index contributed by atoms with van der Waals surface area (Å²) in [5, 5.41) is 3.48. The highest BCUT2D eigenvalue weighted by molar-refractivity contribution is 9.09. The number of halogens is 1. The second-order valence-corrected chi connectivity index (χ2v) is 6.17. The smallest absolute Gasteiger partial charge is 0.238 e. The second kappa shape index (κ2) is 8.12. The first kappa shape index (κ1) is 15.1. The van der Waals surface area contributed by atoms with Gasteiger partial charge in [-0.1, -0.05) is 64.5 Å². The predicted molar refractivity (Wildman–Crippen MR) is 88.3 cm³/mol. The third-order valence-electron chi connectivity index (χ3n) is 2.73. The zero-order chi connectivity index (χ0) is 14.2. The molecule has 2 aromatic rings. The molecule has 1 atom stereocenters. The van der Waals surface area contributed by atoms with Gasteiger partial charge < -0.3 is 5.32 Å². The number of rotatable bonds is 6. The van der Waals surface area contributed by atoms with Crippen molar-refractivity contribution in [3.05, 3.63) is 66.2 Å². The van der Waals surface area contributed by atoms with Crippen molar-refractivity contribution in [2.24, 2.45) is 0 Å². The normalized spacial score (nSPS) is 11.8. The van der Waals surface area contributed by atoms with Crippen LogP contribution < -0.4 is 5.32 Å². The number of hydrogen-bond acceptors (Lipinski definition) is 2. The summed E-state index contributed by atoms with van der Waals surface area (Å²) in [4.78, 5) is 13.4. The zero-order valence-corrected chi connectivity index (χ0v) is 13.4. The average molecular weight is 350 g/mol. The van der Waals surface area contributed by atoms with Crippen molar-refractivity contribution >= 4 is 33.6 Å². The van der Waals surface area contributed by atoms with Crippen LogP contribution in [0.1, 0.15) is 10.8 Å². The first-order valence-electron chi connectivity index (χ1n) is 6.41. The van der Waals surface area contributed by atoms with E-state index in [-0.39, 0.29) is 11.2 Å². The molecule has 0 aliphatic carbocycles. The van der Waals surface area contributed by atoms with Gasteiger partial charge in [-0.15, -0.1) is 11.8 Å². The summed E-state index contributed by atoms with van der Waals surface area (Å²) in [6.07, 6.45) is 0. The number of alkyl halides is 1. The third-order valence-corrected chi connectivity index (χ3v) is 4.39. The second-order valence-electron chi connectivity index (χ2n) is 4.20. The first-order chi connectivity index (χ1) is 9.81. The van der Waals surface area contributed by atoms with E-state index in [0.717, 1.165) is 15.8 Å². The van der Waals surface area contributed by atoms with Crippen molar-refractivity contribution in [1.29, 1.82) is 0 Å².